The van der Waals surface area contributed by atoms with Gasteiger partial charge < -0.3 is 11.1 Å². The SMILES string of the molecule is CCC/C(F)=C\N=C(N)N/N=C/c1ccc(Nc2cccc(C(F)(F)F)c2)cc1C. The minimum Gasteiger partial charge on any atom is -0.368 e. The first kappa shape index (κ1) is 22.9. The first-order chi connectivity index (χ1) is 14.2. The van der Waals surface area contributed by atoms with E-state index in [2.05, 4.69) is 20.8 Å². The number of anilines is 2. The van der Waals surface area contributed by atoms with Crippen LogP contribution in [0.3, 0.4) is 0 Å². The molecule has 0 amide bonds. The second-order valence-corrected chi connectivity index (χ2v) is 6.49. The molecular formula is C21H23F4N5. The fourth-order valence-electron chi connectivity index (χ4n) is 2.48. The van der Waals surface area contributed by atoms with Gasteiger partial charge in [0.1, 0.15) is 5.83 Å². The molecule has 0 aliphatic carbocycles. The second kappa shape index (κ2) is 10.4. The number of aliphatic imine (C=N–C) groups is 1. The molecule has 0 atom stereocenters. The Morgan fingerprint density at radius 2 is 1.87 bits per heavy atom. The molecule has 0 aromatic heterocycles. The summed E-state index contributed by atoms with van der Waals surface area (Å²) < 4.78 is 51.8. The zero-order valence-corrected chi connectivity index (χ0v) is 16.6. The number of alkyl halides is 3. The van der Waals surface area contributed by atoms with Gasteiger partial charge >= 0.3 is 6.18 Å². The molecular weight excluding hydrogens is 398 g/mol. The van der Waals surface area contributed by atoms with Crippen molar-refractivity contribution < 1.29 is 17.6 Å². The monoisotopic (exact) mass is 421 g/mol. The zero-order valence-electron chi connectivity index (χ0n) is 16.6. The molecule has 0 aliphatic heterocycles. The lowest BCUT2D eigenvalue weighted by Gasteiger charge is -2.12. The Kier molecular flexibility index (Phi) is 7.97. The number of hydrogen-bond donors (Lipinski definition) is 3. The van der Waals surface area contributed by atoms with Gasteiger partial charge in [-0.15, -0.1) is 0 Å². The number of guanidine groups is 1. The normalized spacial score (nSPS) is 13.0. The maximum absolute atomic E-state index is 13.2. The number of aryl methyl sites for hydroxylation is 1. The van der Waals surface area contributed by atoms with Crippen LogP contribution in [-0.4, -0.2) is 12.2 Å². The van der Waals surface area contributed by atoms with Crippen LogP contribution in [0.15, 0.2) is 64.6 Å². The molecule has 30 heavy (non-hydrogen) atoms. The van der Waals surface area contributed by atoms with Gasteiger partial charge in [0.15, 0.2) is 0 Å². The molecule has 0 bridgehead atoms. The fourth-order valence-corrected chi connectivity index (χ4v) is 2.48. The minimum atomic E-state index is -4.40. The molecule has 0 radical (unpaired) electrons. The third kappa shape index (κ3) is 7.23. The van der Waals surface area contributed by atoms with Gasteiger partial charge in [0.2, 0.25) is 5.96 Å². The van der Waals surface area contributed by atoms with Gasteiger partial charge in [0.05, 0.1) is 18.0 Å². The van der Waals surface area contributed by atoms with Gasteiger partial charge in [0, 0.05) is 17.8 Å². The summed E-state index contributed by atoms with van der Waals surface area (Å²) in [5, 5.41) is 6.91. The molecule has 0 spiro atoms. The van der Waals surface area contributed by atoms with Crippen LogP contribution in [-0.2, 0) is 6.18 Å². The van der Waals surface area contributed by atoms with Gasteiger partial charge in [-0.25, -0.2) is 14.8 Å². The molecule has 9 heteroatoms. The summed E-state index contributed by atoms with van der Waals surface area (Å²) >= 11 is 0. The summed E-state index contributed by atoms with van der Waals surface area (Å²) in [5.74, 6) is -0.427. The highest BCUT2D eigenvalue weighted by Crippen LogP contribution is 2.31. The molecule has 4 N–H and O–H groups in total. The highest BCUT2D eigenvalue weighted by molar-refractivity contribution is 5.85. The van der Waals surface area contributed by atoms with Crippen molar-refractivity contribution in [3.8, 4) is 0 Å². The summed E-state index contributed by atoms with van der Waals surface area (Å²) in [6, 6.07) is 10.2. The number of hydrogen-bond acceptors (Lipinski definition) is 3. The molecule has 2 aromatic carbocycles. The van der Waals surface area contributed by atoms with E-state index in [0.29, 0.717) is 24.2 Å². The van der Waals surface area contributed by atoms with Crippen LogP contribution in [0.1, 0.15) is 36.5 Å². The van der Waals surface area contributed by atoms with Crippen molar-refractivity contribution in [1.29, 1.82) is 0 Å². The maximum Gasteiger partial charge on any atom is 0.416 e. The predicted octanol–water partition coefficient (Wildman–Crippen LogP) is 5.61. The molecule has 0 aliphatic rings. The third-order valence-electron chi connectivity index (χ3n) is 3.96. The van der Waals surface area contributed by atoms with Crippen LogP contribution >= 0.6 is 0 Å². The van der Waals surface area contributed by atoms with Crippen LogP contribution in [0.2, 0.25) is 0 Å². The quantitative estimate of drug-likeness (QED) is 0.236. The lowest BCUT2D eigenvalue weighted by molar-refractivity contribution is -0.137. The summed E-state index contributed by atoms with van der Waals surface area (Å²) in [4.78, 5) is 3.72. The fraction of sp³-hybridized carbons (Fsp3) is 0.238. The smallest absolute Gasteiger partial charge is 0.368 e. The Balaban J connectivity index is 2.03. The largest absolute Gasteiger partial charge is 0.416 e. The van der Waals surface area contributed by atoms with Gasteiger partial charge in [-0.05, 0) is 54.8 Å². The van der Waals surface area contributed by atoms with Crippen LogP contribution in [0, 0.1) is 6.92 Å². The van der Waals surface area contributed by atoms with E-state index in [1.165, 1.54) is 12.3 Å². The van der Waals surface area contributed by atoms with Gasteiger partial charge in [0.25, 0.3) is 0 Å². The minimum absolute atomic E-state index is 0.0574. The number of hydrazone groups is 1. The Bertz CT molecular complexity index is 949. The number of benzene rings is 2. The molecule has 0 fully saturated rings. The van der Waals surface area contributed by atoms with E-state index in [0.717, 1.165) is 29.5 Å². The van der Waals surface area contributed by atoms with Gasteiger partial charge in [-0.2, -0.15) is 18.3 Å². The van der Waals surface area contributed by atoms with Crippen molar-refractivity contribution in [2.45, 2.75) is 32.9 Å². The summed E-state index contributed by atoms with van der Waals surface area (Å²) in [6.07, 6.45) is -0.885. The standard InChI is InChI=1S/C21H23F4N5/c1-3-5-17(22)13-27-20(26)30-28-12-15-8-9-19(10-14(15)2)29-18-7-4-6-16(11-18)21(23,24)25/h4,6-13,29H,3,5H2,1-2H3,(H3,26,27,30)/b17-13+,28-12+. The first-order valence-corrected chi connectivity index (χ1v) is 9.21. The molecule has 2 rings (SSSR count). The third-order valence-corrected chi connectivity index (χ3v) is 3.96. The lowest BCUT2D eigenvalue weighted by atomic mass is 10.1. The molecule has 5 nitrogen and oxygen atoms in total. The number of rotatable bonds is 7. The second-order valence-electron chi connectivity index (χ2n) is 6.49. The Hall–Kier alpha value is -3.36. The Morgan fingerprint density at radius 3 is 2.53 bits per heavy atom. The van der Waals surface area contributed by atoms with E-state index in [1.54, 1.807) is 24.3 Å². The van der Waals surface area contributed by atoms with E-state index in [9.17, 15) is 17.6 Å². The molecule has 0 saturated carbocycles. The van der Waals surface area contributed by atoms with E-state index in [4.69, 9.17) is 5.73 Å². The predicted molar refractivity (Wildman–Crippen MR) is 112 cm³/mol. The van der Waals surface area contributed by atoms with E-state index < -0.39 is 11.7 Å². The topological polar surface area (TPSA) is 74.8 Å². The summed E-state index contributed by atoms with van der Waals surface area (Å²) in [5.41, 5.74) is 9.94. The number of nitrogens with one attached hydrogen (secondary N) is 2. The van der Waals surface area contributed by atoms with Crippen molar-refractivity contribution in [2.75, 3.05) is 5.32 Å². The van der Waals surface area contributed by atoms with Crippen molar-refractivity contribution in [3.05, 3.63) is 71.2 Å². The number of nitrogens with two attached hydrogens (primary N) is 1. The summed E-state index contributed by atoms with van der Waals surface area (Å²) in [6.45, 7) is 3.69. The van der Waals surface area contributed by atoms with E-state index in [1.807, 2.05) is 13.8 Å². The van der Waals surface area contributed by atoms with Crippen LogP contribution < -0.4 is 16.5 Å². The average Bonchev–Trinajstić information content (AvgIpc) is 2.68. The number of allylic oxidation sites excluding steroid dienone is 1. The molecule has 160 valence electrons. The number of halogens is 4. The molecule has 0 saturated heterocycles. The van der Waals surface area contributed by atoms with Crippen molar-refractivity contribution in [2.24, 2.45) is 15.8 Å². The molecule has 0 heterocycles. The van der Waals surface area contributed by atoms with E-state index >= 15 is 0 Å². The zero-order chi connectivity index (χ0) is 22.1. The average molecular weight is 421 g/mol. The highest BCUT2D eigenvalue weighted by Gasteiger charge is 2.30. The molecule has 2 aromatic rings. The molecule has 0 unspecified atom stereocenters. The Labute approximate surface area is 172 Å². The lowest BCUT2D eigenvalue weighted by Crippen LogP contribution is -2.26. The van der Waals surface area contributed by atoms with Crippen molar-refractivity contribution in [1.82, 2.24) is 5.43 Å². The van der Waals surface area contributed by atoms with Gasteiger partial charge in [-0.3, -0.25) is 0 Å². The van der Waals surface area contributed by atoms with Crippen LogP contribution in [0.25, 0.3) is 0 Å². The maximum atomic E-state index is 13.2. The Morgan fingerprint density at radius 1 is 1.13 bits per heavy atom. The number of nitrogens with zero attached hydrogens (tertiary/aromatic N) is 2. The van der Waals surface area contributed by atoms with Crippen LogP contribution in [0.4, 0.5) is 28.9 Å². The first-order valence-electron chi connectivity index (χ1n) is 9.21. The highest BCUT2D eigenvalue weighted by atomic mass is 19.4. The van der Waals surface area contributed by atoms with Crippen molar-refractivity contribution >= 4 is 23.5 Å². The van der Waals surface area contributed by atoms with Crippen molar-refractivity contribution in [3.63, 3.8) is 0 Å². The van der Waals surface area contributed by atoms with Gasteiger partial charge in [-0.1, -0.05) is 19.1 Å². The summed E-state index contributed by atoms with van der Waals surface area (Å²) in [7, 11) is 0. The van der Waals surface area contributed by atoms with Crippen LogP contribution in [0.5, 0.6) is 0 Å². The van der Waals surface area contributed by atoms with E-state index in [-0.39, 0.29) is 11.8 Å².